The Balaban J connectivity index is 2.72. The number of thioether (sulfide) groups is 1. The first-order valence-electron chi connectivity index (χ1n) is 3.67. The molecule has 0 unspecified atom stereocenters. The van der Waals surface area contributed by atoms with Crippen LogP contribution in [0.5, 0.6) is 0 Å². The molecule has 0 radical (unpaired) electrons. The molecular weight excluding hydrogens is 227 g/mol. The highest BCUT2D eigenvalue weighted by Gasteiger charge is 2.02. The summed E-state index contributed by atoms with van der Waals surface area (Å²) in [6.45, 7) is 1.55. The van der Waals surface area contributed by atoms with Crippen molar-refractivity contribution >= 4 is 40.7 Å². The number of carbonyl (C=O) groups excluding carboxylic acids is 1. The molecular formula is C9H8Cl2OS. The summed E-state index contributed by atoms with van der Waals surface area (Å²) in [7, 11) is 0. The Morgan fingerprint density at radius 2 is 2.15 bits per heavy atom. The summed E-state index contributed by atoms with van der Waals surface area (Å²) in [5.41, 5.74) is 0. The lowest BCUT2D eigenvalue weighted by Gasteiger charge is -2.01. The largest absolute Gasteiger partial charge is 0.299 e. The summed E-state index contributed by atoms with van der Waals surface area (Å²) in [6.07, 6.45) is 0. The van der Waals surface area contributed by atoms with Crippen LogP contribution in [0.15, 0.2) is 23.1 Å². The molecule has 0 saturated heterocycles. The van der Waals surface area contributed by atoms with E-state index in [9.17, 15) is 4.79 Å². The van der Waals surface area contributed by atoms with Gasteiger partial charge in [0.1, 0.15) is 5.78 Å². The van der Waals surface area contributed by atoms with Crippen LogP contribution in [-0.4, -0.2) is 11.5 Å². The van der Waals surface area contributed by atoms with Gasteiger partial charge in [0.05, 0.1) is 10.8 Å². The second kappa shape index (κ2) is 4.89. The van der Waals surface area contributed by atoms with E-state index in [4.69, 9.17) is 23.2 Å². The summed E-state index contributed by atoms with van der Waals surface area (Å²) >= 11 is 13.0. The van der Waals surface area contributed by atoms with Crippen molar-refractivity contribution in [3.8, 4) is 0 Å². The van der Waals surface area contributed by atoms with Gasteiger partial charge in [-0.25, -0.2) is 0 Å². The summed E-state index contributed by atoms with van der Waals surface area (Å²) in [5.74, 6) is 0.581. The number of benzene rings is 1. The van der Waals surface area contributed by atoms with Gasteiger partial charge in [0.25, 0.3) is 0 Å². The average molecular weight is 235 g/mol. The van der Waals surface area contributed by atoms with Gasteiger partial charge in [-0.2, -0.15) is 0 Å². The fourth-order valence-electron chi connectivity index (χ4n) is 0.772. The second-order valence-electron chi connectivity index (χ2n) is 2.57. The van der Waals surface area contributed by atoms with E-state index in [0.29, 0.717) is 15.8 Å². The number of hydrogen-bond acceptors (Lipinski definition) is 2. The van der Waals surface area contributed by atoms with Gasteiger partial charge in [-0.3, -0.25) is 4.79 Å². The van der Waals surface area contributed by atoms with E-state index in [-0.39, 0.29) is 5.78 Å². The molecule has 0 fully saturated rings. The van der Waals surface area contributed by atoms with Crippen molar-refractivity contribution in [1.82, 2.24) is 0 Å². The van der Waals surface area contributed by atoms with Gasteiger partial charge in [0.15, 0.2) is 0 Å². The molecule has 0 heterocycles. The van der Waals surface area contributed by atoms with Crippen molar-refractivity contribution in [1.29, 1.82) is 0 Å². The Kier molecular flexibility index (Phi) is 4.10. The fraction of sp³-hybridized carbons (Fsp3) is 0.222. The zero-order valence-corrected chi connectivity index (χ0v) is 9.34. The van der Waals surface area contributed by atoms with Crippen LogP contribution in [0.25, 0.3) is 0 Å². The van der Waals surface area contributed by atoms with E-state index < -0.39 is 0 Å². The zero-order valence-electron chi connectivity index (χ0n) is 7.01. The maximum Gasteiger partial charge on any atom is 0.140 e. The summed E-state index contributed by atoms with van der Waals surface area (Å²) in [5, 5.41) is 1.20. The molecule has 0 spiro atoms. The predicted molar refractivity (Wildman–Crippen MR) is 57.9 cm³/mol. The summed E-state index contributed by atoms with van der Waals surface area (Å²) in [6, 6.07) is 5.25. The molecule has 4 heteroatoms. The first kappa shape index (κ1) is 10.9. The van der Waals surface area contributed by atoms with Crippen LogP contribution in [0.4, 0.5) is 0 Å². The molecule has 0 N–H and O–H groups in total. The minimum Gasteiger partial charge on any atom is -0.299 e. The van der Waals surface area contributed by atoms with E-state index >= 15 is 0 Å². The van der Waals surface area contributed by atoms with Crippen LogP contribution in [-0.2, 0) is 4.79 Å². The van der Waals surface area contributed by atoms with Crippen LogP contribution in [0.3, 0.4) is 0 Å². The maximum absolute atomic E-state index is 10.7. The molecule has 0 bridgehead atoms. The van der Waals surface area contributed by atoms with E-state index in [1.165, 1.54) is 11.8 Å². The molecule has 13 heavy (non-hydrogen) atoms. The number of rotatable bonds is 3. The van der Waals surface area contributed by atoms with Crippen LogP contribution in [0, 0.1) is 0 Å². The van der Waals surface area contributed by atoms with E-state index in [1.807, 2.05) is 6.07 Å². The average Bonchev–Trinajstić information content (AvgIpc) is 2.02. The number of carbonyl (C=O) groups is 1. The molecule has 0 aliphatic carbocycles. The molecule has 0 atom stereocenters. The number of Topliss-reactive ketones (excluding diaryl/α,β-unsaturated/α-hetero) is 1. The van der Waals surface area contributed by atoms with Crippen molar-refractivity contribution < 1.29 is 4.79 Å². The number of halogens is 2. The van der Waals surface area contributed by atoms with E-state index in [1.54, 1.807) is 19.1 Å². The number of ketones is 1. The normalized spacial score (nSPS) is 10.1. The highest BCUT2D eigenvalue weighted by molar-refractivity contribution is 8.00. The van der Waals surface area contributed by atoms with Crippen molar-refractivity contribution in [3.05, 3.63) is 28.2 Å². The molecule has 0 aliphatic rings. The van der Waals surface area contributed by atoms with Gasteiger partial charge >= 0.3 is 0 Å². The molecule has 1 nitrogen and oxygen atoms in total. The Morgan fingerprint density at radius 1 is 1.46 bits per heavy atom. The zero-order chi connectivity index (χ0) is 9.84. The lowest BCUT2D eigenvalue weighted by atomic mass is 10.4. The van der Waals surface area contributed by atoms with Gasteiger partial charge in [-0.05, 0) is 25.1 Å². The van der Waals surface area contributed by atoms with Gasteiger partial charge in [-0.1, -0.05) is 23.2 Å². The van der Waals surface area contributed by atoms with Crippen molar-refractivity contribution in [2.45, 2.75) is 11.8 Å². The highest BCUT2D eigenvalue weighted by Crippen LogP contribution is 2.29. The quantitative estimate of drug-likeness (QED) is 0.743. The third kappa shape index (κ3) is 3.59. The van der Waals surface area contributed by atoms with Gasteiger partial charge < -0.3 is 0 Å². The van der Waals surface area contributed by atoms with Crippen molar-refractivity contribution in [2.75, 3.05) is 5.75 Å². The smallest absolute Gasteiger partial charge is 0.140 e. The second-order valence-corrected chi connectivity index (χ2v) is 4.43. The predicted octanol–water partition coefficient (Wildman–Crippen LogP) is 3.67. The third-order valence-corrected chi connectivity index (χ3v) is 3.20. The van der Waals surface area contributed by atoms with E-state index in [2.05, 4.69) is 0 Å². The molecule has 1 rings (SSSR count). The Hall–Kier alpha value is -0.180. The number of hydrogen-bond donors (Lipinski definition) is 0. The molecule has 1 aromatic carbocycles. The standard InChI is InChI=1S/C9H8Cl2OS/c1-6(12)5-13-9-3-2-7(10)4-8(9)11/h2-4H,5H2,1H3. The Bertz CT molecular complexity index is 325. The van der Waals surface area contributed by atoms with Gasteiger partial charge in [0.2, 0.25) is 0 Å². The fourth-order valence-corrected chi connectivity index (χ4v) is 2.06. The van der Waals surface area contributed by atoms with Crippen molar-refractivity contribution in [3.63, 3.8) is 0 Å². The summed E-state index contributed by atoms with van der Waals surface area (Å²) in [4.78, 5) is 11.6. The molecule has 1 aromatic rings. The lowest BCUT2D eigenvalue weighted by molar-refractivity contribution is -0.114. The van der Waals surface area contributed by atoms with Crippen LogP contribution >= 0.6 is 35.0 Å². The monoisotopic (exact) mass is 234 g/mol. The minimum absolute atomic E-state index is 0.135. The topological polar surface area (TPSA) is 17.1 Å². The van der Waals surface area contributed by atoms with Gasteiger partial charge in [0, 0.05) is 9.92 Å². The van der Waals surface area contributed by atoms with Crippen LogP contribution < -0.4 is 0 Å². The van der Waals surface area contributed by atoms with E-state index in [0.717, 1.165) is 4.90 Å². The molecule has 0 aliphatic heterocycles. The molecule has 0 saturated carbocycles. The maximum atomic E-state index is 10.7. The summed E-state index contributed by atoms with van der Waals surface area (Å²) < 4.78 is 0. The van der Waals surface area contributed by atoms with Crippen LogP contribution in [0.1, 0.15) is 6.92 Å². The lowest BCUT2D eigenvalue weighted by Crippen LogP contribution is -1.92. The molecule has 0 amide bonds. The molecule has 70 valence electrons. The van der Waals surface area contributed by atoms with Crippen LogP contribution in [0.2, 0.25) is 10.0 Å². The SMILES string of the molecule is CC(=O)CSc1ccc(Cl)cc1Cl. The third-order valence-electron chi connectivity index (χ3n) is 1.32. The molecule has 0 aromatic heterocycles. The first-order chi connectivity index (χ1) is 6.09. The highest BCUT2D eigenvalue weighted by atomic mass is 35.5. The van der Waals surface area contributed by atoms with Gasteiger partial charge in [-0.15, -0.1) is 11.8 Å². The Labute approximate surface area is 91.4 Å². The first-order valence-corrected chi connectivity index (χ1v) is 5.41. The minimum atomic E-state index is 0.135. The van der Waals surface area contributed by atoms with Crippen molar-refractivity contribution in [2.24, 2.45) is 0 Å². The Morgan fingerprint density at radius 3 is 2.69 bits per heavy atom.